The summed E-state index contributed by atoms with van der Waals surface area (Å²) in [5, 5.41) is 10.4. The zero-order valence-corrected chi connectivity index (χ0v) is 19.0. The number of aliphatic hydroxyl groups is 1. The number of ketones is 1. The lowest BCUT2D eigenvalue weighted by Gasteiger charge is -2.63. The van der Waals surface area contributed by atoms with E-state index < -0.39 is 52.1 Å². The quantitative estimate of drug-likeness (QED) is 0.300. The minimum absolute atomic E-state index is 0.0210. The summed E-state index contributed by atoms with van der Waals surface area (Å²) in [6.45, 7) is 8.28. The molecule has 2 spiro atoms. The molecule has 0 aromatic rings. The van der Waals surface area contributed by atoms with E-state index in [9.17, 15) is 24.3 Å². The highest BCUT2D eigenvalue weighted by atomic mass is 16.6. The molecule has 8 nitrogen and oxygen atoms in total. The highest BCUT2D eigenvalue weighted by Gasteiger charge is 2.74. The lowest BCUT2D eigenvalue weighted by Crippen LogP contribution is -2.69. The van der Waals surface area contributed by atoms with Gasteiger partial charge in [-0.05, 0) is 54.9 Å². The Hall–Kier alpha value is -2.22. The van der Waals surface area contributed by atoms with Crippen molar-refractivity contribution in [3.05, 3.63) is 12.2 Å². The Morgan fingerprint density at radius 2 is 1.91 bits per heavy atom. The van der Waals surface area contributed by atoms with Crippen molar-refractivity contribution in [2.24, 2.45) is 34.0 Å². The van der Waals surface area contributed by atoms with Crippen LogP contribution in [0.25, 0.3) is 0 Å². The molecule has 0 aromatic carbocycles. The molecule has 7 atom stereocenters. The summed E-state index contributed by atoms with van der Waals surface area (Å²) < 4.78 is 17.0. The van der Waals surface area contributed by atoms with Gasteiger partial charge in [-0.2, -0.15) is 0 Å². The van der Waals surface area contributed by atoms with Crippen molar-refractivity contribution in [1.82, 2.24) is 0 Å². The summed E-state index contributed by atoms with van der Waals surface area (Å²) in [5.41, 5.74) is -2.54. The molecule has 1 heterocycles. The van der Waals surface area contributed by atoms with E-state index in [1.165, 1.54) is 13.8 Å². The van der Waals surface area contributed by atoms with Crippen LogP contribution < -0.4 is 0 Å². The Morgan fingerprint density at radius 1 is 1.19 bits per heavy atom. The van der Waals surface area contributed by atoms with Crippen LogP contribution >= 0.6 is 0 Å². The molecule has 4 fully saturated rings. The summed E-state index contributed by atoms with van der Waals surface area (Å²) in [6.07, 6.45) is 1.98. The van der Waals surface area contributed by atoms with Crippen LogP contribution in [0.15, 0.2) is 12.2 Å². The van der Waals surface area contributed by atoms with Gasteiger partial charge in [0.15, 0.2) is 5.78 Å². The van der Waals surface area contributed by atoms with Gasteiger partial charge < -0.3 is 19.3 Å². The molecule has 0 amide bonds. The molecule has 2 bridgehead atoms. The smallest absolute Gasteiger partial charge is 0.320 e. The number of carbonyl (C=O) groups excluding carboxylic acids is 4. The first-order valence-electron chi connectivity index (χ1n) is 11.3. The first kappa shape index (κ1) is 23.0. The van der Waals surface area contributed by atoms with Gasteiger partial charge in [-0.25, -0.2) is 0 Å². The number of rotatable bonds is 4. The van der Waals surface area contributed by atoms with E-state index in [1.807, 2.05) is 6.92 Å². The van der Waals surface area contributed by atoms with Gasteiger partial charge >= 0.3 is 17.9 Å². The topological polar surface area (TPSA) is 116 Å². The van der Waals surface area contributed by atoms with Gasteiger partial charge in [0.2, 0.25) is 0 Å². The fourth-order valence-corrected chi connectivity index (χ4v) is 7.29. The fraction of sp³-hybridized carbons (Fsp3) is 0.750. The van der Waals surface area contributed by atoms with Crippen LogP contribution in [0.1, 0.15) is 52.9 Å². The summed E-state index contributed by atoms with van der Waals surface area (Å²) in [5.74, 6) is -2.75. The van der Waals surface area contributed by atoms with Crippen molar-refractivity contribution in [2.75, 3.05) is 19.8 Å². The number of allylic oxidation sites excluding steroid dienone is 1. The minimum Gasteiger partial charge on any atom is -0.466 e. The van der Waals surface area contributed by atoms with E-state index in [-0.39, 0.29) is 31.5 Å². The second-order valence-corrected chi connectivity index (χ2v) is 10.3. The first-order valence-corrected chi connectivity index (χ1v) is 11.3. The van der Waals surface area contributed by atoms with Crippen LogP contribution in [0.4, 0.5) is 0 Å². The van der Waals surface area contributed by atoms with Crippen molar-refractivity contribution >= 4 is 23.7 Å². The molecule has 8 heteroatoms. The molecule has 1 saturated heterocycles. The van der Waals surface area contributed by atoms with Gasteiger partial charge in [0, 0.05) is 26.4 Å². The molecule has 176 valence electrons. The summed E-state index contributed by atoms with van der Waals surface area (Å²) in [6, 6.07) is 0. The summed E-state index contributed by atoms with van der Waals surface area (Å²) in [4.78, 5) is 50.5. The first-order chi connectivity index (χ1) is 15.0. The number of esters is 3. The molecule has 3 saturated carbocycles. The third-order valence-corrected chi connectivity index (χ3v) is 8.81. The predicted octanol–water partition coefficient (Wildman–Crippen LogP) is 1.97. The zero-order valence-electron chi connectivity index (χ0n) is 19.0. The van der Waals surface area contributed by atoms with E-state index in [2.05, 4.69) is 6.58 Å². The van der Waals surface area contributed by atoms with E-state index in [0.717, 1.165) is 0 Å². The number of Topliss-reactive ketones (excluding diaryl/α,β-unsaturated/α-hetero) is 1. The number of hydrogen-bond acceptors (Lipinski definition) is 8. The van der Waals surface area contributed by atoms with Crippen molar-refractivity contribution in [1.29, 1.82) is 0 Å². The average molecular weight is 449 g/mol. The van der Waals surface area contributed by atoms with Gasteiger partial charge in [-0.15, -0.1) is 0 Å². The number of carbonyl (C=O) groups is 4. The molecular weight excluding hydrogens is 416 g/mol. The lowest BCUT2D eigenvalue weighted by molar-refractivity contribution is -0.253. The SMILES string of the molecule is C=C1C(=O)[C@]23C[C@H]1CC[C@H]2[C@@]1(COC3=O)[C@@H](OC(C)=O)CC[C@](C)(CO)[C@H]1COC(C)=O. The average Bonchev–Trinajstić information content (AvgIpc) is 2.93. The Balaban J connectivity index is 1.91. The van der Waals surface area contributed by atoms with E-state index in [4.69, 9.17) is 14.2 Å². The highest BCUT2D eigenvalue weighted by Crippen LogP contribution is 2.68. The normalized spacial score (nSPS) is 42.9. The van der Waals surface area contributed by atoms with Crippen LogP contribution in [0.5, 0.6) is 0 Å². The third kappa shape index (κ3) is 2.98. The largest absolute Gasteiger partial charge is 0.466 e. The van der Waals surface area contributed by atoms with E-state index >= 15 is 0 Å². The molecule has 4 aliphatic rings. The van der Waals surface area contributed by atoms with Crippen LogP contribution in [-0.4, -0.2) is 54.7 Å². The van der Waals surface area contributed by atoms with Crippen LogP contribution in [-0.2, 0) is 33.4 Å². The Kier molecular flexibility index (Phi) is 5.51. The zero-order chi connectivity index (χ0) is 23.5. The fourth-order valence-electron chi connectivity index (χ4n) is 7.29. The minimum atomic E-state index is -1.36. The third-order valence-electron chi connectivity index (χ3n) is 8.81. The predicted molar refractivity (Wildman–Crippen MR) is 111 cm³/mol. The van der Waals surface area contributed by atoms with Crippen molar-refractivity contribution in [3.63, 3.8) is 0 Å². The van der Waals surface area contributed by atoms with Gasteiger partial charge in [-0.3, -0.25) is 19.2 Å². The number of aliphatic hydroxyl groups excluding tert-OH is 1. The molecular formula is C24H32O8. The number of hydrogen-bond donors (Lipinski definition) is 1. The van der Waals surface area contributed by atoms with Crippen LogP contribution in [0.3, 0.4) is 0 Å². The van der Waals surface area contributed by atoms with Gasteiger partial charge in [0.1, 0.15) is 18.1 Å². The van der Waals surface area contributed by atoms with Crippen LogP contribution in [0.2, 0.25) is 0 Å². The van der Waals surface area contributed by atoms with Crippen molar-refractivity contribution in [3.8, 4) is 0 Å². The number of cyclic esters (lactones) is 1. The maximum absolute atomic E-state index is 13.5. The van der Waals surface area contributed by atoms with E-state index in [0.29, 0.717) is 37.7 Å². The summed E-state index contributed by atoms with van der Waals surface area (Å²) >= 11 is 0. The second kappa shape index (κ2) is 7.68. The van der Waals surface area contributed by atoms with Crippen LogP contribution in [0, 0.1) is 34.0 Å². The van der Waals surface area contributed by atoms with Gasteiger partial charge in [-0.1, -0.05) is 13.5 Å². The molecule has 0 aromatic heterocycles. The van der Waals surface area contributed by atoms with Gasteiger partial charge in [0.05, 0.1) is 12.0 Å². The molecule has 3 aliphatic carbocycles. The second-order valence-electron chi connectivity index (χ2n) is 10.3. The Labute approximate surface area is 187 Å². The summed E-state index contributed by atoms with van der Waals surface area (Å²) in [7, 11) is 0. The number of ether oxygens (including phenoxy) is 3. The highest BCUT2D eigenvalue weighted by molar-refractivity contribution is 6.15. The molecule has 0 unspecified atom stereocenters. The standard InChI is InChI=1S/C24H32O8/c1-13-16-5-6-17-23(9-16,20(13)28)21(29)31-12-24(17)18(10-30-14(2)26)22(4,11-25)8-7-19(24)32-15(3)27/h16-19,25H,1,5-12H2,2-4H3/t16-,17-,18-,19+,22-,23+,24-/m1/s1. The van der Waals surface area contributed by atoms with E-state index in [1.54, 1.807) is 0 Å². The lowest BCUT2D eigenvalue weighted by atomic mass is 9.43. The molecule has 1 N–H and O–H groups in total. The Morgan fingerprint density at radius 3 is 2.53 bits per heavy atom. The maximum atomic E-state index is 13.5. The molecule has 4 rings (SSSR count). The van der Waals surface area contributed by atoms with Crippen molar-refractivity contribution in [2.45, 2.75) is 59.0 Å². The van der Waals surface area contributed by atoms with Gasteiger partial charge in [0.25, 0.3) is 0 Å². The molecule has 32 heavy (non-hydrogen) atoms. The van der Waals surface area contributed by atoms with Crippen molar-refractivity contribution < 1.29 is 38.5 Å². The maximum Gasteiger partial charge on any atom is 0.320 e. The monoisotopic (exact) mass is 448 g/mol. The Bertz CT molecular complexity index is 879. The number of fused-ring (bicyclic) bond motifs is 2. The molecule has 1 aliphatic heterocycles. The molecule has 0 radical (unpaired) electrons.